The van der Waals surface area contributed by atoms with Crippen molar-refractivity contribution in [1.82, 2.24) is 10.6 Å². The van der Waals surface area contributed by atoms with Crippen molar-refractivity contribution in [2.75, 3.05) is 13.1 Å². The van der Waals surface area contributed by atoms with Crippen LogP contribution in [-0.4, -0.2) is 24.7 Å². The van der Waals surface area contributed by atoms with Gasteiger partial charge in [0.15, 0.2) is 0 Å². The van der Waals surface area contributed by atoms with Gasteiger partial charge in [0.1, 0.15) is 0 Å². The van der Waals surface area contributed by atoms with Gasteiger partial charge in [0, 0.05) is 18.1 Å². The van der Waals surface area contributed by atoms with Gasteiger partial charge in [0.25, 0.3) is 0 Å². The third-order valence-electron chi connectivity index (χ3n) is 3.34. The monoisotopic (exact) mass is 168 g/mol. The van der Waals surface area contributed by atoms with Crippen molar-refractivity contribution in [1.29, 1.82) is 0 Å². The van der Waals surface area contributed by atoms with Crippen molar-refractivity contribution >= 4 is 0 Å². The van der Waals surface area contributed by atoms with E-state index >= 15 is 0 Å². The van der Waals surface area contributed by atoms with E-state index in [1.807, 2.05) is 0 Å². The molecule has 2 nitrogen and oxygen atoms in total. The highest BCUT2D eigenvalue weighted by atomic mass is 15.1. The first-order valence-electron chi connectivity index (χ1n) is 5.27. The Kier molecular flexibility index (Phi) is 2.37. The predicted molar refractivity (Wildman–Crippen MR) is 51.3 cm³/mol. The highest BCUT2D eigenvalue weighted by molar-refractivity contribution is 4.92. The Balaban J connectivity index is 1.70. The molecule has 1 saturated heterocycles. The van der Waals surface area contributed by atoms with E-state index in [1.54, 1.807) is 0 Å². The van der Waals surface area contributed by atoms with E-state index in [9.17, 15) is 0 Å². The minimum atomic E-state index is 0.398. The fourth-order valence-electron chi connectivity index (χ4n) is 2.09. The number of hydrogen-bond acceptors (Lipinski definition) is 2. The molecule has 1 heterocycles. The predicted octanol–water partition coefficient (Wildman–Crippen LogP) is 1.27. The summed E-state index contributed by atoms with van der Waals surface area (Å²) in [5.41, 5.74) is 0.398. The van der Waals surface area contributed by atoms with E-state index < -0.39 is 0 Å². The SMILES string of the molecule is CC1(CNC2CCC2)CCCN1. The Bertz CT molecular complexity index is 146. The maximum absolute atomic E-state index is 3.64. The van der Waals surface area contributed by atoms with Crippen LogP contribution in [0.3, 0.4) is 0 Å². The lowest BCUT2D eigenvalue weighted by Gasteiger charge is -2.32. The zero-order valence-corrected chi connectivity index (χ0v) is 8.03. The summed E-state index contributed by atoms with van der Waals surface area (Å²) in [7, 11) is 0. The molecule has 12 heavy (non-hydrogen) atoms. The largest absolute Gasteiger partial charge is 0.312 e. The molecule has 2 heteroatoms. The highest BCUT2D eigenvalue weighted by Crippen LogP contribution is 2.21. The molecule has 0 aromatic rings. The van der Waals surface area contributed by atoms with E-state index in [0.29, 0.717) is 5.54 Å². The summed E-state index contributed by atoms with van der Waals surface area (Å²) >= 11 is 0. The van der Waals surface area contributed by atoms with Crippen LogP contribution in [0.25, 0.3) is 0 Å². The number of nitrogens with one attached hydrogen (secondary N) is 2. The second-order valence-electron chi connectivity index (χ2n) is 4.60. The van der Waals surface area contributed by atoms with Crippen LogP contribution in [0.4, 0.5) is 0 Å². The molecule has 1 saturated carbocycles. The lowest BCUT2D eigenvalue weighted by molar-refractivity contribution is 0.291. The van der Waals surface area contributed by atoms with Gasteiger partial charge in [-0.15, -0.1) is 0 Å². The fourth-order valence-corrected chi connectivity index (χ4v) is 2.09. The molecule has 2 fully saturated rings. The van der Waals surface area contributed by atoms with Crippen molar-refractivity contribution in [2.24, 2.45) is 0 Å². The second kappa shape index (κ2) is 3.35. The number of hydrogen-bond donors (Lipinski definition) is 2. The molecular formula is C10H20N2. The molecule has 0 aromatic heterocycles. The van der Waals surface area contributed by atoms with Gasteiger partial charge in [0.05, 0.1) is 0 Å². The Morgan fingerprint density at radius 2 is 2.25 bits per heavy atom. The van der Waals surface area contributed by atoms with Crippen LogP contribution < -0.4 is 10.6 Å². The van der Waals surface area contributed by atoms with Crippen molar-refractivity contribution in [2.45, 2.75) is 50.6 Å². The summed E-state index contributed by atoms with van der Waals surface area (Å²) in [5, 5.41) is 7.21. The van der Waals surface area contributed by atoms with Gasteiger partial charge in [0.2, 0.25) is 0 Å². The average Bonchev–Trinajstić information content (AvgIpc) is 2.33. The number of rotatable bonds is 3. The van der Waals surface area contributed by atoms with Gasteiger partial charge in [-0.2, -0.15) is 0 Å². The minimum absolute atomic E-state index is 0.398. The standard InChI is InChI=1S/C10H20N2/c1-10(6-3-7-12-10)8-11-9-4-2-5-9/h9,11-12H,2-8H2,1H3. The van der Waals surface area contributed by atoms with Crippen molar-refractivity contribution in [3.63, 3.8) is 0 Å². The van der Waals surface area contributed by atoms with Gasteiger partial charge in [-0.05, 0) is 39.2 Å². The van der Waals surface area contributed by atoms with Crippen molar-refractivity contribution in [3.05, 3.63) is 0 Å². The van der Waals surface area contributed by atoms with E-state index in [4.69, 9.17) is 0 Å². The Labute approximate surface area is 75.1 Å². The maximum atomic E-state index is 3.64. The highest BCUT2D eigenvalue weighted by Gasteiger charge is 2.29. The summed E-state index contributed by atoms with van der Waals surface area (Å²) in [6.45, 7) is 4.71. The Morgan fingerprint density at radius 1 is 1.42 bits per heavy atom. The van der Waals surface area contributed by atoms with Crippen LogP contribution in [0.5, 0.6) is 0 Å². The van der Waals surface area contributed by atoms with E-state index in [1.165, 1.54) is 38.6 Å². The van der Waals surface area contributed by atoms with E-state index in [2.05, 4.69) is 17.6 Å². The van der Waals surface area contributed by atoms with Gasteiger partial charge in [-0.1, -0.05) is 6.42 Å². The summed E-state index contributed by atoms with van der Waals surface area (Å²) < 4.78 is 0. The summed E-state index contributed by atoms with van der Waals surface area (Å²) in [4.78, 5) is 0. The first-order valence-corrected chi connectivity index (χ1v) is 5.27. The lowest BCUT2D eigenvalue weighted by Crippen LogP contribution is -2.49. The average molecular weight is 168 g/mol. The molecule has 0 radical (unpaired) electrons. The van der Waals surface area contributed by atoms with Gasteiger partial charge in [-0.25, -0.2) is 0 Å². The van der Waals surface area contributed by atoms with Crippen LogP contribution >= 0.6 is 0 Å². The lowest BCUT2D eigenvalue weighted by atomic mass is 9.91. The summed E-state index contributed by atoms with van der Waals surface area (Å²) in [6, 6.07) is 0.837. The molecular weight excluding hydrogens is 148 g/mol. The molecule has 70 valence electrons. The molecule has 1 atom stereocenters. The summed E-state index contributed by atoms with van der Waals surface area (Å²) in [6.07, 6.45) is 6.92. The molecule has 1 aliphatic carbocycles. The first-order chi connectivity index (χ1) is 5.79. The second-order valence-corrected chi connectivity index (χ2v) is 4.60. The molecule has 0 spiro atoms. The fraction of sp³-hybridized carbons (Fsp3) is 1.00. The quantitative estimate of drug-likeness (QED) is 0.663. The van der Waals surface area contributed by atoms with E-state index in [-0.39, 0.29) is 0 Å². The zero-order valence-electron chi connectivity index (χ0n) is 8.03. The molecule has 0 amide bonds. The third-order valence-corrected chi connectivity index (χ3v) is 3.34. The molecule has 0 aromatic carbocycles. The van der Waals surface area contributed by atoms with Crippen LogP contribution in [-0.2, 0) is 0 Å². The van der Waals surface area contributed by atoms with Crippen LogP contribution in [0, 0.1) is 0 Å². The summed E-state index contributed by atoms with van der Waals surface area (Å²) in [5.74, 6) is 0. The molecule has 2 aliphatic rings. The minimum Gasteiger partial charge on any atom is -0.312 e. The maximum Gasteiger partial charge on any atom is 0.0278 e. The van der Waals surface area contributed by atoms with Crippen molar-refractivity contribution in [3.8, 4) is 0 Å². The zero-order chi connectivity index (χ0) is 8.44. The van der Waals surface area contributed by atoms with E-state index in [0.717, 1.165) is 12.6 Å². The first kappa shape index (κ1) is 8.52. The van der Waals surface area contributed by atoms with Crippen LogP contribution in [0.1, 0.15) is 39.0 Å². The van der Waals surface area contributed by atoms with Gasteiger partial charge in [-0.3, -0.25) is 0 Å². The topological polar surface area (TPSA) is 24.1 Å². The molecule has 2 rings (SSSR count). The molecule has 0 bridgehead atoms. The van der Waals surface area contributed by atoms with Crippen LogP contribution in [0.2, 0.25) is 0 Å². The third kappa shape index (κ3) is 1.80. The molecule has 2 N–H and O–H groups in total. The normalized spacial score (nSPS) is 36.8. The molecule has 1 aliphatic heterocycles. The van der Waals surface area contributed by atoms with Crippen molar-refractivity contribution < 1.29 is 0 Å². The smallest absolute Gasteiger partial charge is 0.0278 e. The van der Waals surface area contributed by atoms with Gasteiger partial charge < -0.3 is 10.6 Å². The Morgan fingerprint density at radius 3 is 2.75 bits per heavy atom. The van der Waals surface area contributed by atoms with Crippen LogP contribution in [0.15, 0.2) is 0 Å². The Hall–Kier alpha value is -0.0800. The van der Waals surface area contributed by atoms with Gasteiger partial charge >= 0.3 is 0 Å². The molecule has 1 unspecified atom stereocenters.